The van der Waals surface area contributed by atoms with Crippen LogP contribution in [0.15, 0.2) is 10.6 Å². The lowest BCUT2D eigenvalue weighted by Gasteiger charge is -2.06. The third-order valence-electron chi connectivity index (χ3n) is 3.60. The van der Waals surface area contributed by atoms with Crippen LogP contribution in [-0.2, 0) is 11.2 Å². The highest BCUT2D eigenvalue weighted by Gasteiger charge is 2.29. The van der Waals surface area contributed by atoms with Crippen LogP contribution in [-0.4, -0.2) is 34.4 Å². The van der Waals surface area contributed by atoms with E-state index in [9.17, 15) is 4.79 Å². The molecule has 1 fully saturated rings. The van der Waals surface area contributed by atoms with Gasteiger partial charge in [-0.25, -0.2) is 9.78 Å². The van der Waals surface area contributed by atoms with Gasteiger partial charge in [-0.15, -0.1) is 0 Å². The third-order valence-corrected chi connectivity index (χ3v) is 3.60. The summed E-state index contributed by atoms with van der Waals surface area (Å²) >= 11 is 0. The van der Waals surface area contributed by atoms with Crippen LogP contribution >= 0.6 is 0 Å². The van der Waals surface area contributed by atoms with Crippen LogP contribution in [0, 0.1) is 0 Å². The molecule has 0 radical (unpaired) electrons. The number of hydrogen-bond donors (Lipinski definition) is 1. The van der Waals surface area contributed by atoms with Crippen molar-refractivity contribution in [3.05, 3.63) is 23.0 Å². The second-order valence-corrected chi connectivity index (χ2v) is 5.23. The van der Waals surface area contributed by atoms with E-state index in [1.54, 1.807) is 13.0 Å². The van der Waals surface area contributed by atoms with Gasteiger partial charge in [0, 0.05) is 18.2 Å². The summed E-state index contributed by atoms with van der Waals surface area (Å²) in [5.74, 6) is 0.0359. The number of carbonyl (C=O) groups is 1. The molecule has 0 atom stereocenters. The van der Waals surface area contributed by atoms with E-state index in [0.717, 1.165) is 18.5 Å². The van der Waals surface area contributed by atoms with Gasteiger partial charge >= 0.3 is 5.97 Å². The highest BCUT2D eigenvalue weighted by atomic mass is 16.5. The Labute approximate surface area is 122 Å². The summed E-state index contributed by atoms with van der Waals surface area (Å²) in [4.78, 5) is 16.7. The number of rotatable bonds is 6. The van der Waals surface area contributed by atoms with Gasteiger partial charge in [-0.3, -0.25) is 0 Å². The number of hydrogen-bond acceptors (Lipinski definition) is 6. The van der Waals surface area contributed by atoms with Crippen molar-refractivity contribution in [3.63, 3.8) is 0 Å². The number of ether oxygens (including phenoxy) is 1. The molecule has 6 nitrogen and oxygen atoms in total. The summed E-state index contributed by atoms with van der Waals surface area (Å²) < 4.78 is 10.4. The molecule has 2 heterocycles. The fourth-order valence-electron chi connectivity index (χ4n) is 2.40. The van der Waals surface area contributed by atoms with Gasteiger partial charge in [-0.05, 0) is 38.7 Å². The minimum absolute atomic E-state index is 0.0662. The van der Waals surface area contributed by atoms with Gasteiger partial charge in [0.2, 0.25) is 0 Å². The Bertz CT molecular complexity index is 661. The first-order valence-corrected chi connectivity index (χ1v) is 7.31. The molecule has 0 unspecified atom stereocenters. The zero-order valence-corrected chi connectivity index (χ0v) is 12.0. The average molecular weight is 290 g/mol. The largest absolute Gasteiger partial charge is 0.462 e. The maximum absolute atomic E-state index is 12.2. The van der Waals surface area contributed by atoms with Gasteiger partial charge in [0.15, 0.2) is 0 Å². The van der Waals surface area contributed by atoms with Crippen LogP contribution in [0.4, 0.5) is 0 Å². The van der Waals surface area contributed by atoms with E-state index in [0.29, 0.717) is 47.7 Å². The van der Waals surface area contributed by atoms with E-state index in [1.165, 1.54) is 0 Å². The molecular weight excluding hydrogens is 272 g/mol. The Morgan fingerprint density at radius 1 is 1.52 bits per heavy atom. The zero-order chi connectivity index (χ0) is 14.8. The molecule has 0 bridgehead atoms. The molecule has 0 aliphatic heterocycles. The molecule has 0 spiro atoms. The number of aryl methyl sites for hydroxylation is 1. The lowest BCUT2D eigenvalue weighted by Crippen LogP contribution is -2.07. The first-order chi connectivity index (χ1) is 10.2. The van der Waals surface area contributed by atoms with E-state index >= 15 is 0 Å². The van der Waals surface area contributed by atoms with Crippen LogP contribution in [0.3, 0.4) is 0 Å². The summed E-state index contributed by atoms with van der Waals surface area (Å²) in [6.45, 7) is 2.16. The van der Waals surface area contributed by atoms with E-state index in [2.05, 4.69) is 10.1 Å². The molecule has 6 heteroatoms. The SMILES string of the molecule is CCOC(=O)c1cc(C2CC2)nc2onc(CCCO)c12. The van der Waals surface area contributed by atoms with Gasteiger partial charge in [-0.2, -0.15) is 0 Å². The maximum Gasteiger partial charge on any atom is 0.339 e. The van der Waals surface area contributed by atoms with E-state index in [-0.39, 0.29) is 12.6 Å². The number of esters is 1. The number of aliphatic hydroxyl groups is 1. The van der Waals surface area contributed by atoms with Crippen molar-refractivity contribution in [1.29, 1.82) is 0 Å². The molecule has 1 aliphatic rings. The standard InChI is InChI=1S/C15H18N2O4/c1-2-20-15(19)10-8-12(9-5-6-9)16-14-13(10)11(17-21-14)4-3-7-18/h8-9,18H,2-7H2,1H3. The third kappa shape index (κ3) is 2.76. The predicted octanol–water partition coefficient (Wildman–Crippen LogP) is 2.20. The monoisotopic (exact) mass is 290 g/mol. The number of aliphatic hydroxyl groups excluding tert-OH is 1. The number of nitrogens with zero attached hydrogens (tertiary/aromatic N) is 2. The predicted molar refractivity (Wildman–Crippen MR) is 75.1 cm³/mol. The molecule has 2 aromatic rings. The Kier molecular flexibility index (Phi) is 3.88. The van der Waals surface area contributed by atoms with Crippen molar-refractivity contribution >= 4 is 17.1 Å². The Morgan fingerprint density at radius 2 is 2.33 bits per heavy atom. The van der Waals surface area contributed by atoms with Crippen LogP contribution < -0.4 is 0 Å². The molecule has 0 amide bonds. The Hall–Kier alpha value is -1.95. The summed E-state index contributed by atoms with van der Waals surface area (Å²) in [6.07, 6.45) is 3.28. The quantitative estimate of drug-likeness (QED) is 0.821. The lowest BCUT2D eigenvalue weighted by molar-refractivity contribution is 0.0528. The number of carbonyl (C=O) groups excluding carboxylic acids is 1. The van der Waals surface area contributed by atoms with Crippen LogP contribution in [0.2, 0.25) is 0 Å². The smallest absolute Gasteiger partial charge is 0.339 e. The fraction of sp³-hybridized carbons (Fsp3) is 0.533. The molecule has 1 saturated carbocycles. The van der Waals surface area contributed by atoms with Gasteiger partial charge in [0.25, 0.3) is 5.71 Å². The minimum Gasteiger partial charge on any atom is -0.462 e. The number of aromatic nitrogens is 2. The molecular formula is C15H18N2O4. The van der Waals surface area contributed by atoms with E-state index in [4.69, 9.17) is 14.4 Å². The zero-order valence-electron chi connectivity index (χ0n) is 12.0. The van der Waals surface area contributed by atoms with Crippen LogP contribution in [0.25, 0.3) is 11.1 Å². The topological polar surface area (TPSA) is 85.5 Å². The highest BCUT2D eigenvalue weighted by molar-refractivity contribution is 6.03. The van der Waals surface area contributed by atoms with Gasteiger partial charge in [-0.1, -0.05) is 5.16 Å². The summed E-state index contributed by atoms with van der Waals surface area (Å²) in [5.41, 5.74) is 2.38. The lowest BCUT2D eigenvalue weighted by atomic mass is 10.1. The van der Waals surface area contributed by atoms with Crippen molar-refractivity contribution in [2.45, 2.75) is 38.5 Å². The summed E-state index contributed by atoms with van der Waals surface area (Å²) in [7, 11) is 0. The molecule has 1 aliphatic carbocycles. The van der Waals surface area contributed by atoms with Crippen molar-refractivity contribution in [3.8, 4) is 0 Å². The van der Waals surface area contributed by atoms with E-state index < -0.39 is 0 Å². The van der Waals surface area contributed by atoms with E-state index in [1.807, 2.05) is 0 Å². The molecule has 112 valence electrons. The van der Waals surface area contributed by atoms with Crippen molar-refractivity contribution in [2.75, 3.05) is 13.2 Å². The molecule has 21 heavy (non-hydrogen) atoms. The number of pyridine rings is 1. The first-order valence-electron chi connectivity index (χ1n) is 7.31. The summed E-state index contributed by atoms with van der Waals surface area (Å²) in [5, 5.41) is 13.6. The molecule has 3 rings (SSSR count). The average Bonchev–Trinajstić information content (AvgIpc) is 3.26. The first kappa shape index (κ1) is 14.0. The summed E-state index contributed by atoms with van der Waals surface area (Å²) in [6, 6.07) is 1.80. The Morgan fingerprint density at radius 3 is 3.00 bits per heavy atom. The highest BCUT2D eigenvalue weighted by Crippen LogP contribution is 2.40. The molecule has 2 aromatic heterocycles. The second-order valence-electron chi connectivity index (χ2n) is 5.23. The number of fused-ring (bicyclic) bond motifs is 1. The van der Waals surface area contributed by atoms with Crippen LogP contribution in [0.1, 0.15) is 53.8 Å². The van der Waals surface area contributed by atoms with Gasteiger partial charge in [0.05, 0.1) is 23.3 Å². The van der Waals surface area contributed by atoms with Crippen molar-refractivity contribution in [2.24, 2.45) is 0 Å². The normalized spacial score (nSPS) is 14.6. The molecule has 0 aromatic carbocycles. The minimum atomic E-state index is -0.375. The fourth-order valence-corrected chi connectivity index (χ4v) is 2.40. The maximum atomic E-state index is 12.2. The van der Waals surface area contributed by atoms with Crippen molar-refractivity contribution < 1.29 is 19.2 Å². The van der Waals surface area contributed by atoms with Crippen molar-refractivity contribution in [1.82, 2.24) is 10.1 Å². The van der Waals surface area contributed by atoms with Gasteiger partial charge < -0.3 is 14.4 Å². The van der Waals surface area contributed by atoms with Crippen LogP contribution in [0.5, 0.6) is 0 Å². The second kappa shape index (κ2) is 5.81. The molecule has 1 N–H and O–H groups in total. The van der Waals surface area contributed by atoms with Gasteiger partial charge in [0.1, 0.15) is 0 Å². The Balaban J connectivity index is 2.08. The molecule has 0 saturated heterocycles.